The summed E-state index contributed by atoms with van der Waals surface area (Å²) in [4.78, 5) is 10.9. The van der Waals surface area contributed by atoms with Gasteiger partial charge in [-0.3, -0.25) is 4.98 Å². The molecule has 0 aliphatic rings. The molecule has 0 amide bonds. The van der Waals surface area contributed by atoms with Crippen molar-refractivity contribution < 1.29 is 0 Å². The molecular formula is C15H20N4. The monoisotopic (exact) mass is 256 g/mol. The molecule has 100 valence electrons. The molecule has 19 heavy (non-hydrogen) atoms. The van der Waals surface area contributed by atoms with E-state index in [1.54, 1.807) is 0 Å². The molecule has 2 rings (SSSR count). The summed E-state index contributed by atoms with van der Waals surface area (Å²) in [7, 11) is 2.02. The van der Waals surface area contributed by atoms with E-state index < -0.39 is 0 Å². The number of aromatic nitrogens is 2. The lowest BCUT2D eigenvalue weighted by molar-refractivity contribution is 0.735. The highest BCUT2D eigenvalue weighted by atomic mass is 15.2. The summed E-state index contributed by atoms with van der Waals surface area (Å²) >= 11 is 0. The third-order valence-corrected chi connectivity index (χ3v) is 2.88. The topological polar surface area (TPSA) is 55.0 Å². The van der Waals surface area contributed by atoms with E-state index in [2.05, 4.69) is 20.9 Å². The Hall–Kier alpha value is -1.94. The van der Waals surface area contributed by atoms with Crippen molar-refractivity contribution in [3.05, 3.63) is 54.0 Å². The molecule has 0 saturated heterocycles. The predicted octanol–water partition coefficient (Wildman–Crippen LogP) is 2.00. The van der Waals surface area contributed by atoms with Crippen molar-refractivity contribution in [2.75, 3.05) is 11.9 Å². The van der Waals surface area contributed by atoms with Gasteiger partial charge in [0.05, 0.1) is 12.2 Å². The van der Waals surface area contributed by atoms with Gasteiger partial charge in [0.25, 0.3) is 0 Å². The zero-order valence-corrected chi connectivity index (χ0v) is 11.5. The van der Waals surface area contributed by atoms with Gasteiger partial charge in [-0.2, -0.15) is 0 Å². The molecule has 4 heteroatoms. The molecule has 2 N–H and O–H groups in total. The first kappa shape index (κ1) is 13.5. The van der Waals surface area contributed by atoms with Crippen molar-refractivity contribution in [1.82, 2.24) is 9.97 Å². The minimum absolute atomic E-state index is 0.166. The Kier molecular flexibility index (Phi) is 4.47. The van der Waals surface area contributed by atoms with Crippen LogP contribution >= 0.6 is 0 Å². The van der Waals surface area contributed by atoms with Crippen LogP contribution in [0, 0.1) is 0 Å². The maximum Gasteiger partial charge on any atom is 0.128 e. The van der Waals surface area contributed by atoms with Crippen molar-refractivity contribution in [2.45, 2.75) is 25.9 Å². The average Bonchev–Trinajstić information content (AvgIpc) is 2.40. The van der Waals surface area contributed by atoms with Crippen LogP contribution in [0.2, 0.25) is 0 Å². The second-order valence-corrected chi connectivity index (χ2v) is 4.88. The minimum Gasteiger partial charge on any atom is -0.354 e. The zero-order valence-electron chi connectivity index (χ0n) is 11.5. The number of hydrogen-bond acceptors (Lipinski definition) is 4. The number of pyridine rings is 2. The summed E-state index contributed by atoms with van der Waals surface area (Å²) in [5, 5.41) is 0. The highest BCUT2D eigenvalue weighted by molar-refractivity contribution is 5.38. The van der Waals surface area contributed by atoms with E-state index in [4.69, 9.17) is 5.73 Å². The summed E-state index contributed by atoms with van der Waals surface area (Å²) in [5.74, 6) is 0.944. The number of anilines is 1. The molecule has 1 atom stereocenters. The quantitative estimate of drug-likeness (QED) is 0.889. The van der Waals surface area contributed by atoms with Crippen molar-refractivity contribution >= 4 is 5.82 Å². The van der Waals surface area contributed by atoms with E-state index >= 15 is 0 Å². The lowest BCUT2D eigenvalue weighted by atomic mass is 10.1. The first-order chi connectivity index (χ1) is 9.15. The van der Waals surface area contributed by atoms with Crippen LogP contribution in [0.4, 0.5) is 5.82 Å². The van der Waals surface area contributed by atoms with E-state index in [9.17, 15) is 0 Å². The van der Waals surface area contributed by atoms with Gasteiger partial charge in [0.15, 0.2) is 0 Å². The third-order valence-electron chi connectivity index (χ3n) is 2.88. The Morgan fingerprint density at radius 1 is 1.21 bits per heavy atom. The molecule has 0 fully saturated rings. The van der Waals surface area contributed by atoms with Gasteiger partial charge in [0.1, 0.15) is 5.82 Å². The smallest absolute Gasteiger partial charge is 0.128 e. The normalized spacial score (nSPS) is 12.2. The van der Waals surface area contributed by atoms with Crippen LogP contribution in [0.5, 0.6) is 0 Å². The third kappa shape index (κ3) is 4.03. The second kappa shape index (κ2) is 6.29. The molecule has 0 aliphatic heterocycles. The van der Waals surface area contributed by atoms with Gasteiger partial charge in [-0.05, 0) is 37.1 Å². The van der Waals surface area contributed by atoms with E-state index in [1.807, 2.05) is 50.6 Å². The molecule has 0 bridgehead atoms. The van der Waals surface area contributed by atoms with E-state index in [-0.39, 0.29) is 6.04 Å². The molecular weight excluding hydrogens is 236 g/mol. The Labute approximate surface area is 114 Å². The van der Waals surface area contributed by atoms with E-state index in [0.717, 1.165) is 24.5 Å². The van der Waals surface area contributed by atoms with Gasteiger partial charge in [-0.25, -0.2) is 4.98 Å². The number of nitrogens with zero attached hydrogens (tertiary/aromatic N) is 3. The molecule has 2 aromatic rings. The van der Waals surface area contributed by atoms with E-state index in [0.29, 0.717) is 0 Å². The Balaban J connectivity index is 2.01. The van der Waals surface area contributed by atoms with Gasteiger partial charge in [-0.15, -0.1) is 0 Å². The fourth-order valence-corrected chi connectivity index (χ4v) is 1.95. The highest BCUT2D eigenvalue weighted by Gasteiger charge is 2.05. The summed E-state index contributed by atoms with van der Waals surface area (Å²) in [6, 6.07) is 10.2. The van der Waals surface area contributed by atoms with Crippen LogP contribution in [0.15, 0.2) is 42.7 Å². The van der Waals surface area contributed by atoms with Gasteiger partial charge in [-0.1, -0.05) is 12.1 Å². The average molecular weight is 256 g/mol. The molecule has 0 aliphatic carbocycles. The van der Waals surface area contributed by atoms with Crippen LogP contribution in [-0.2, 0) is 13.0 Å². The summed E-state index contributed by atoms with van der Waals surface area (Å²) in [5.41, 5.74) is 7.98. The van der Waals surface area contributed by atoms with Crippen LogP contribution in [0.3, 0.4) is 0 Å². The van der Waals surface area contributed by atoms with Gasteiger partial charge >= 0.3 is 0 Å². The molecule has 2 aromatic heterocycles. The predicted molar refractivity (Wildman–Crippen MR) is 77.9 cm³/mol. The lowest BCUT2D eigenvalue weighted by Gasteiger charge is -2.18. The molecule has 0 saturated carbocycles. The highest BCUT2D eigenvalue weighted by Crippen LogP contribution is 2.12. The van der Waals surface area contributed by atoms with Crippen molar-refractivity contribution in [2.24, 2.45) is 5.73 Å². The fraction of sp³-hybridized carbons (Fsp3) is 0.333. The molecule has 1 unspecified atom stereocenters. The minimum atomic E-state index is 0.166. The first-order valence-electron chi connectivity index (χ1n) is 6.46. The van der Waals surface area contributed by atoms with Crippen molar-refractivity contribution in [1.29, 1.82) is 0 Å². The van der Waals surface area contributed by atoms with E-state index in [1.165, 1.54) is 5.56 Å². The largest absolute Gasteiger partial charge is 0.354 e. The standard InChI is InChI=1S/C15H20N4/c1-12(16)9-13-6-7-15(18-10-13)19(2)11-14-5-3-4-8-17-14/h3-8,10,12H,9,11,16H2,1-2H3. The van der Waals surface area contributed by atoms with Gasteiger partial charge in [0, 0.05) is 25.5 Å². The molecule has 0 radical (unpaired) electrons. The lowest BCUT2D eigenvalue weighted by Crippen LogP contribution is -2.19. The fourth-order valence-electron chi connectivity index (χ4n) is 1.95. The van der Waals surface area contributed by atoms with Crippen LogP contribution in [-0.4, -0.2) is 23.1 Å². The molecule has 4 nitrogen and oxygen atoms in total. The van der Waals surface area contributed by atoms with Crippen molar-refractivity contribution in [3.8, 4) is 0 Å². The Morgan fingerprint density at radius 3 is 2.63 bits per heavy atom. The number of hydrogen-bond donors (Lipinski definition) is 1. The summed E-state index contributed by atoms with van der Waals surface area (Å²) in [6.07, 6.45) is 4.56. The maximum atomic E-state index is 5.78. The Bertz CT molecular complexity index is 493. The Morgan fingerprint density at radius 2 is 2.05 bits per heavy atom. The SMILES string of the molecule is CC(N)Cc1ccc(N(C)Cc2ccccn2)nc1. The van der Waals surface area contributed by atoms with Crippen LogP contribution in [0.25, 0.3) is 0 Å². The molecule has 0 spiro atoms. The maximum absolute atomic E-state index is 5.78. The molecule has 2 heterocycles. The van der Waals surface area contributed by atoms with Crippen molar-refractivity contribution in [3.63, 3.8) is 0 Å². The molecule has 0 aromatic carbocycles. The zero-order chi connectivity index (χ0) is 13.7. The van der Waals surface area contributed by atoms with Gasteiger partial charge < -0.3 is 10.6 Å². The van der Waals surface area contributed by atoms with Gasteiger partial charge in [0.2, 0.25) is 0 Å². The number of nitrogens with two attached hydrogens (primary N) is 1. The summed E-state index contributed by atoms with van der Waals surface area (Å²) in [6.45, 7) is 2.75. The van der Waals surface area contributed by atoms with Crippen LogP contribution in [0.1, 0.15) is 18.2 Å². The summed E-state index contributed by atoms with van der Waals surface area (Å²) < 4.78 is 0. The second-order valence-electron chi connectivity index (χ2n) is 4.88. The number of rotatable bonds is 5. The van der Waals surface area contributed by atoms with Crippen LogP contribution < -0.4 is 10.6 Å². The first-order valence-corrected chi connectivity index (χ1v) is 6.46.